The van der Waals surface area contributed by atoms with Crippen molar-refractivity contribution in [3.05, 3.63) is 18.2 Å². The number of benzene rings is 1. The van der Waals surface area contributed by atoms with Crippen molar-refractivity contribution in [3.8, 4) is 17.2 Å². The summed E-state index contributed by atoms with van der Waals surface area (Å²) in [6.07, 6.45) is 1.07. The lowest BCUT2D eigenvalue weighted by Gasteiger charge is -2.43. The molecule has 0 radical (unpaired) electrons. The monoisotopic (exact) mass is 281 g/mol. The second-order valence-corrected chi connectivity index (χ2v) is 4.80. The Kier molecular flexibility index (Phi) is 5.09. The molecule has 0 heterocycles. The van der Waals surface area contributed by atoms with Gasteiger partial charge < -0.3 is 24.3 Å². The third kappa shape index (κ3) is 3.16. The molecule has 1 aliphatic rings. The summed E-state index contributed by atoms with van der Waals surface area (Å²) in [6.45, 7) is 3.03. The van der Waals surface area contributed by atoms with Crippen molar-refractivity contribution in [2.75, 3.05) is 27.9 Å². The van der Waals surface area contributed by atoms with E-state index in [4.69, 9.17) is 18.9 Å². The summed E-state index contributed by atoms with van der Waals surface area (Å²) in [4.78, 5) is 0. The normalized spacial score (nSPS) is 24.9. The molecular formula is C15H23NO4. The van der Waals surface area contributed by atoms with E-state index < -0.39 is 0 Å². The highest BCUT2D eigenvalue weighted by Gasteiger charge is 2.42. The zero-order valence-electron chi connectivity index (χ0n) is 12.5. The fraction of sp³-hybridized carbons (Fsp3) is 0.600. The lowest BCUT2D eigenvalue weighted by Crippen LogP contribution is -2.60. The van der Waals surface area contributed by atoms with Crippen molar-refractivity contribution in [1.82, 2.24) is 5.32 Å². The van der Waals surface area contributed by atoms with Crippen LogP contribution in [0.5, 0.6) is 17.2 Å². The van der Waals surface area contributed by atoms with Gasteiger partial charge in [-0.3, -0.25) is 0 Å². The zero-order chi connectivity index (χ0) is 14.5. The van der Waals surface area contributed by atoms with Gasteiger partial charge in [-0.05, 0) is 6.54 Å². The van der Waals surface area contributed by atoms with Gasteiger partial charge in [0.15, 0.2) is 0 Å². The summed E-state index contributed by atoms with van der Waals surface area (Å²) in [6, 6.07) is 5.90. The molecule has 0 aromatic heterocycles. The molecule has 1 saturated carbocycles. The molecule has 0 spiro atoms. The fourth-order valence-electron chi connectivity index (χ4n) is 2.50. The maximum absolute atomic E-state index is 5.99. The Labute approximate surface area is 120 Å². The van der Waals surface area contributed by atoms with Crippen molar-refractivity contribution >= 4 is 0 Å². The van der Waals surface area contributed by atoms with E-state index in [9.17, 15) is 0 Å². The van der Waals surface area contributed by atoms with E-state index in [2.05, 4.69) is 12.2 Å². The second-order valence-electron chi connectivity index (χ2n) is 4.80. The molecule has 0 amide bonds. The Morgan fingerprint density at radius 2 is 1.65 bits per heavy atom. The Hall–Kier alpha value is -1.46. The van der Waals surface area contributed by atoms with Gasteiger partial charge >= 0.3 is 0 Å². The van der Waals surface area contributed by atoms with Gasteiger partial charge in [0.1, 0.15) is 29.5 Å². The maximum Gasteiger partial charge on any atom is 0.128 e. The van der Waals surface area contributed by atoms with Crippen molar-refractivity contribution in [1.29, 1.82) is 0 Å². The minimum absolute atomic E-state index is 0.0564. The van der Waals surface area contributed by atoms with E-state index in [1.165, 1.54) is 0 Å². The van der Waals surface area contributed by atoms with E-state index in [-0.39, 0.29) is 12.2 Å². The van der Waals surface area contributed by atoms with Gasteiger partial charge in [-0.15, -0.1) is 0 Å². The molecule has 3 atom stereocenters. The molecule has 2 rings (SSSR count). The highest BCUT2D eigenvalue weighted by Crippen LogP contribution is 2.33. The Bertz CT molecular complexity index is 416. The molecule has 1 aliphatic carbocycles. The van der Waals surface area contributed by atoms with Crippen LogP contribution < -0.4 is 19.5 Å². The number of rotatable bonds is 7. The standard InChI is InChI=1S/C15H23NO4/c1-5-16-13-9-14(15(13)19-4)20-12-7-10(17-2)6-11(8-12)18-3/h6-8,13-16H,5,9H2,1-4H3. The summed E-state index contributed by atoms with van der Waals surface area (Å²) in [7, 11) is 4.97. The van der Waals surface area contributed by atoms with E-state index in [0.29, 0.717) is 6.04 Å². The average Bonchev–Trinajstić information content (AvgIpc) is 2.46. The third-order valence-electron chi connectivity index (χ3n) is 3.60. The molecule has 0 saturated heterocycles. The van der Waals surface area contributed by atoms with Crippen LogP contribution in [0.3, 0.4) is 0 Å². The van der Waals surface area contributed by atoms with Crippen LogP contribution in [0.4, 0.5) is 0 Å². The highest BCUT2D eigenvalue weighted by atomic mass is 16.5. The first-order chi connectivity index (χ1) is 9.71. The predicted molar refractivity (Wildman–Crippen MR) is 76.8 cm³/mol. The number of methoxy groups -OCH3 is 3. The first-order valence-electron chi connectivity index (χ1n) is 6.87. The third-order valence-corrected chi connectivity index (χ3v) is 3.60. The first kappa shape index (κ1) is 14.9. The summed E-state index contributed by atoms with van der Waals surface area (Å²) in [5.41, 5.74) is 0. The van der Waals surface area contributed by atoms with E-state index >= 15 is 0 Å². The van der Waals surface area contributed by atoms with E-state index in [1.807, 2.05) is 18.2 Å². The summed E-state index contributed by atoms with van der Waals surface area (Å²) < 4.78 is 22.0. The molecule has 1 N–H and O–H groups in total. The van der Waals surface area contributed by atoms with E-state index in [1.54, 1.807) is 21.3 Å². The van der Waals surface area contributed by atoms with Gasteiger partial charge in [0, 0.05) is 37.8 Å². The van der Waals surface area contributed by atoms with Gasteiger partial charge in [-0.25, -0.2) is 0 Å². The van der Waals surface area contributed by atoms with Crippen LogP contribution in [-0.4, -0.2) is 46.1 Å². The summed E-state index contributed by atoms with van der Waals surface area (Å²) >= 11 is 0. The summed E-state index contributed by atoms with van der Waals surface area (Å²) in [5.74, 6) is 2.18. The van der Waals surface area contributed by atoms with Gasteiger partial charge in [0.2, 0.25) is 0 Å². The Morgan fingerprint density at radius 1 is 1.05 bits per heavy atom. The van der Waals surface area contributed by atoms with Crippen molar-refractivity contribution in [3.63, 3.8) is 0 Å². The molecule has 5 heteroatoms. The molecule has 0 bridgehead atoms. The number of hydrogen-bond acceptors (Lipinski definition) is 5. The van der Waals surface area contributed by atoms with Crippen molar-refractivity contribution < 1.29 is 18.9 Å². The average molecular weight is 281 g/mol. The number of hydrogen-bond donors (Lipinski definition) is 1. The van der Waals surface area contributed by atoms with Crippen LogP contribution in [-0.2, 0) is 4.74 Å². The van der Waals surface area contributed by atoms with Gasteiger partial charge in [0.25, 0.3) is 0 Å². The molecule has 1 aromatic carbocycles. The minimum Gasteiger partial charge on any atom is -0.496 e. The lowest BCUT2D eigenvalue weighted by atomic mass is 9.85. The molecule has 1 aromatic rings. The molecule has 0 aliphatic heterocycles. The molecule has 112 valence electrons. The SMILES string of the molecule is CCNC1CC(Oc2cc(OC)cc(OC)c2)C1OC. The molecule has 1 fully saturated rings. The fourth-order valence-corrected chi connectivity index (χ4v) is 2.50. The first-order valence-corrected chi connectivity index (χ1v) is 6.87. The van der Waals surface area contributed by atoms with Gasteiger partial charge in [-0.2, -0.15) is 0 Å². The van der Waals surface area contributed by atoms with Gasteiger partial charge in [-0.1, -0.05) is 6.92 Å². The van der Waals surface area contributed by atoms with Crippen LogP contribution in [0.25, 0.3) is 0 Å². The number of ether oxygens (including phenoxy) is 4. The largest absolute Gasteiger partial charge is 0.496 e. The van der Waals surface area contributed by atoms with Crippen LogP contribution in [0.1, 0.15) is 13.3 Å². The molecule has 5 nitrogen and oxygen atoms in total. The van der Waals surface area contributed by atoms with Crippen LogP contribution in [0, 0.1) is 0 Å². The number of nitrogens with one attached hydrogen (secondary N) is 1. The topological polar surface area (TPSA) is 49.0 Å². The predicted octanol–water partition coefficient (Wildman–Crippen LogP) is 1.85. The second kappa shape index (κ2) is 6.81. The quantitative estimate of drug-likeness (QED) is 0.826. The highest BCUT2D eigenvalue weighted by molar-refractivity contribution is 5.42. The lowest BCUT2D eigenvalue weighted by molar-refractivity contribution is -0.0884. The maximum atomic E-state index is 5.99. The van der Waals surface area contributed by atoms with Crippen LogP contribution in [0.15, 0.2) is 18.2 Å². The van der Waals surface area contributed by atoms with Crippen molar-refractivity contribution in [2.45, 2.75) is 31.6 Å². The Morgan fingerprint density at radius 3 is 2.15 bits per heavy atom. The summed E-state index contributed by atoms with van der Waals surface area (Å²) in [5, 5.41) is 3.39. The van der Waals surface area contributed by atoms with Crippen molar-refractivity contribution in [2.24, 2.45) is 0 Å². The Balaban J connectivity index is 2.03. The van der Waals surface area contributed by atoms with Crippen LogP contribution in [0.2, 0.25) is 0 Å². The molecule has 20 heavy (non-hydrogen) atoms. The smallest absolute Gasteiger partial charge is 0.128 e. The molecular weight excluding hydrogens is 258 g/mol. The zero-order valence-corrected chi connectivity index (χ0v) is 12.5. The van der Waals surface area contributed by atoms with E-state index in [0.717, 1.165) is 30.2 Å². The number of likely N-dealkylation sites (N-methyl/N-ethyl adjacent to an activating group) is 1. The minimum atomic E-state index is 0.0564. The molecule has 3 unspecified atom stereocenters. The van der Waals surface area contributed by atoms with Crippen LogP contribution >= 0.6 is 0 Å². The van der Waals surface area contributed by atoms with Gasteiger partial charge in [0.05, 0.1) is 14.2 Å².